The van der Waals surface area contributed by atoms with Crippen molar-refractivity contribution in [3.05, 3.63) is 52.0 Å². The van der Waals surface area contributed by atoms with Crippen LogP contribution in [0.3, 0.4) is 0 Å². The molecule has 3 rings (SSSR count). The lowest BCUT2D eigenvalue weighted by atomic mass is 9.93. The van der Waals surface area contributed by atoms with Gasteiger partial charge in [-0.25, -0.2) is 0 Å². The second-order valence-electron chi connectivity index (χ2n) is 8.74. The number of halogens is 1. The highest BCUT2D eigenvalue weighted by molar-refractivity contribution is 6.32. The van der Waals surface area contributed by atoms with Crippen LogP contribution in [0.25, 0.3) is 0 Å². The minimum Gasteiger partial charge on any atom is -0.493 e. The van der Waals surface area contributed by atoms with Crippen LogP contribution in [0, 0.1) is 13.8 Å². The number of benzene rings is 2. The maximum Gasteiger partial charge on any atom is 0.261 e. The van der Waals surface area contributed by atoms with Crippen LogP contribution in [0.2, 0.25) is 5.02 Å². The van der Waals surface area contributed by atoms with E-state index < -0.39 is 5.91 Å². The number of nitrogens with two attached hydrogens (primary N) is 1. The van der Waals surface area contributed by atoms with Gasteiger partial charge in [-0.1, -0.05) is 43.0 Å². The molecule has 0 radical (unpaired) electrons. The molecular formula is C26H33ClN2O5. The maximum atomic E-state index is 13.4. The molecule has 2 amide bonds. The van der Waals surface area contributed by atoms with Crippen molar-refractivity contribution >= 4 is 23.4 Å². The fourth-order valence-corrected chi connectivity index (χ4v) is 4.77. The molecule has 0 aromatic heterocycles. The largest absolute Gasteiger partial charge is 0.493 e. The van der Waals surface area contributed by atoms with Gasteiger partial charge in [-0.05, 0) is 61.6 Å². The highest BCUT2D eigenvalue weighted by Crippen LogP contribution is 2.32. The minimum atomic E-state index is -0.566. The maximum absolute atomic E-state index is 13.4. The lowest BCUT2D eigenvalue weighted by molar-refractivity contribution is -0.137. The topological polar surface area (TPSA) is 91.1 Å². The van der Waals surface area contributed by atoms with Crippen LogP contribution in [-0.2, 0) is 16.1 Å². The van der Waals surface area contributed by atoms with E-state index in [4.69, 9.17) is 31.5 Å². The third-order valence-corrected chi connectivity index (χ3v) is 6.28. The first kappa shape index (κ1) is 25.7. The van der Waals surface area contributed by atoms with Crippen molar-refractivity contribution in [2.45, 2.75) is 58.5 Å². The minimum absolute atomic E-state index is 0.0862. The van der Waals surface area contributed by atoms with Crippen LogP contribution in [0.5, 0.6) is 17.2 Å². The van der Waals surface area contributed by atoms with E-state index in [1.165, 1.54) is 13.5 Å². The zero-order chi connectivity index (χ0) is 24.7. The second kappa shape index (κ2) is 12.0. The van der Waals surface area contributed by atoms with E-state index in [-0.39, 0.29) is 25.2 Å². The van der Waals surface area contributed by atoms with E-state index in [1.807, 2.05) is 43.0 Å². The molecule has 0 aliphatic heterocycles. The molecule has 0 atom stereocenters. The predicted octanol–water partition coefficient (Wildman–Crippen LogP) is 4.57. The molecule has 1 aliphatic carbocycles. The van der Waals surface area contributed by atoms with Gasteiger partial charge in [0, 0.05) is 12.6 Å². The van der Waals surface area contributed by atoms with E-state index in [9.17, 15) is 9.59 Å². The van der Waals surface area contributed by atoms with Gasteiger partial charge in [0.15, 0.2) is 24.7 Å². The number of carbonyl (C=O) groups excluding carboxylic acids is 2. The van der Waals surface area contributed by atoms with Gasteiger partial charge >= 0.3 is 0 Å². The quantitative estimate of drug-likeness (QED) is 0.529. The number of aryl methyl sites for hydroxylation is 2. The molecule has 0 saturated heterocycles. The number of rotatable bonds is 10. The first-order valence-electron chi connectivity index (χ1n) is 11.6. The highest BCUT2D eigenvalue weighted by Gasteiger charge is 2.26. The van der Waals surface area contributed by atoms with Gasteiger partial charge in [0.2, 0.25) is 0 Å². The molecule has 1 saturated carbocycles. The van der Waals surface area contributed by atoms with Gasteiger partial charge in [0.25, 0.3) is 11.8 Å². The first-order chi connectivity index (χ1) is 16.3. The van der Waals surface area contributed by atoms with E-state index in [0.29, 0.717) is 28.8 Å². The van der Waals surface area contributed by atoms with Crippen molar-refractivity contribution in [3.8, 4) is 17.2 Å². The summed E-state index contributed by atoms with van der Waals surface area (Å²) < 4.78 is 16.7. The van der Waals surface area contributed by atoms with Crippen LogP contribution < -0.4 is 19.9 Å². The van der Waals surface area contributed by atoms with E-state index in [0.717, 1.165) is 42.4 Å². The molecular weight excluding hydrogens is 456 g/mol. The number of amides is 2. The molecule has 2 aromatic carbocycles. The Hall–Kier alpha value is -2.93. The van der Waals surface area contributed by atoms with Gasteiger partial charge in [-0.2, -0.15) is 0 Å². The molecule has 184 valence electrons. The van der Waals surface area contributed by atoms with Crippen LogP contribution in [0.1, 0.15) is 48.8 Å². The number of carbonyl (C=O) groups is 2. The smallest absolute Gasteiger partial charge is 0.261 e. The summed E-state index contributed by atoms with van der Waals surface area (Å²) in [5.41, 5.74) is 8.01. The Balaban J connectivity index is 1.77. The van der Waals surface area contributed by atoms with Gasteiger partial charge in [-0.3, -0.25) is 9.59 Å². The van der Waals surface area contributed by atoms with Crippen molar-refractivity contribution in [1.82, 2.24) is 4.90 Å². The monoisotopic (exact) mass is 488 g/mol. The number of nitrogens with zero attached hydrogens (tertiary/aromatic N) is 1. The summed E-state index contributed by atoms with van der Waals surface area (Å²) in [6.07, 6.45) is 5.32. The van der Waals surface area contributed by atoms with E-state index in [2.05, 4.69) is 0 Å². The van der Waals surface area contributed by atoms with Gasteiger partial charge in [-0.15, -0.1) is 0 Å². The average molecular weight is 489 g/mol. The Bertz CT molecular complexity index is 997. The molecule has 7 nitrogen and oxygen atoms in total. The Labute approximate surface area is 206 Å². The molecule has 0 spiro atoms. The van der Waals surface area contributed by atoms with E-state index >= 15 is 0 Å². The zero-order valence-corrected chi connectivity index (χ0v) is 20.8. The number of ether oxygens (including phenoxy) is 3. The standard InChI is InChI=1S/C26H33ClN2O5/c1-17-11-18(2)26(21(27)12-17)34-16-25(31)29(20-7-5-4-6-8-20)14-19-9-10-22(23(13-19)32-3)33-15-24(28)30/h9-13,20H,4-8,14-16H2,1-3H3,(H2,28,30). The Morgan fingerprint density at radius 1 is 1.03 bits per heavy atom. The third-order valence-electron chi connectivity index (χ3n) is 6.00. The highest BCUT2D eigenvalue weighted by atomic mass is 35.5. The molecule has 8 heteroatoms. The van der Waals surface area contributed by atoms with E-state index in [1.54, 1.807) is 6.07 Å². The summed E-state index contributed by atoms with van der Waals surface area (Å²) in [6, 6.07) is 9.38. The Morgan fingerprint density at radius 2 is 1.76 bits per heavy atom. The van der Waals surface area contributed by atoms with Crippen molar-refractivity contribution < 1.29 is 23.8 Å². The number of primary amides is 1. The van der Waals surface area contributed by atoms with Gasteiger partial charge < -0.3 is 24.8 Å². The van der Waals surface area contributed by atoms with Crippen LogP contribution in [-0.4, -0.2) is 43.1 Å². The van der Waals surface area contributed by atoms with Crippen molar-refractivity contribution in [3.63, 3.8) is 0 Å². The molecule has 1 aliphatic rings. The van der Waals surface area contributed by atoms with Gasteiger partial charge in [0.1, 0.15) is 5.75 Å². The predicted molar refractivity (Wildman–Crippen MR) is 132 cm³/mol. The summed E-state index contributed by atoms with van der Waals surface area (Å²) in [6.45, 7) is 3.99. The normalized spacial score (nSPS) is 13.9. The molecule has 0 bridgehead atoms. The zero-order valence-electron chi connectivity index (χ0n) is 20.1. The van der Waals surface area contributed by atoms with Crippen molar-refractivity contribution in [1.29, 1.82) is 0 Å². The molecule has 2 aromatic rings. The Morgan fingerprint density at radius 3 is 2.41 bits per heavy atom. The first-order valence-corrected chi connectivity index (χ1v) is 11.9. The summed E-state index contributed by atoms with van der Waals surface area (Å²) in [5.74, 6) is 0.795. The molecule has 0 heterocycles. The number of hydrogen-bond donors (Lipinski definition) is 1. The molecule has 1 fully saturated rings. The summed E-state index contributed by atoms with van der Waals surface area (Å²) >= 11 is 6.37. The van der Waals surface area contributed by atoms with Gasteiger partial charge in [0.05, 0.1) is 12.1 Å². The van der Waals surface area contributed by atoms with Crippen molar-refractivity contribution in [2.24, 2.45) is 5.73 Å². The molecule has 2 N–H and O–H groups in total. The molecule has 0 unspecified atom stereocenters. The lowest BCUT2D eigenvalue weighted by Crippen LogP contribution is -2.43. The Kier molecular flexibility index (Phi) is 9.05. The van der Waals surface area contributed by atoms with Crippen LogP contribution >= 0.6 is 11.6 Å². The number of methoxy groups -OCH3 is 1. The second-order valence-corrected chi connectivity index (χ2v) is 9.14. The summed E-state index contributed by atoms with van der Waals surface area (Å²) in [5, 5.41) is 0.505. The third kappa shape index (κ3) is 6.79. The molecule has 34 heavy (non-hydrogen) atoms. The summed E-state index contributed by atoms with van der Waals surface area (Å²) in [4.78, 5) is 26.3. The van der Waals surface area contributed by atoms with Crippen molar-refractivity contribution in [2.75, 3.05) is 20.3 Å². The SMILES string of the molecule is COc1cc(CN(C(=O)COc2c(C)cc(C)cc2Cl)C2CCCCC2)ccc1OCC(N)=O. The average Bonchev–Trinajstić information content (AvgIpc) is 2.81. The lowest BCUT2D eigenvalue weighted by Gasteiger charge is -2.34. The number of hydrogen-bond acceptors (Lipinski definition) is 5. The van der Waals surface area contributed by atoms with Crippen LogP contribution in [0.15, 0.2) is 30.3 Å². The fraction of sp³-hybridized carbons (Fsp3) is 0.462. The summed E-state index contributed by atoms with van der Waals surface area (Å²) in [7, 11) is 1.53. The van der Waals surface area contributed by atoms with Crippen LogP contribution in [0.4, 0.5) is 0 Å². The fourth-order valence-electron chi connectivity index (χ4n) is 4.39.